The second-order valence-electron chi connectivity index (χ2n) is 9.74. The Labute approximate surface area is 232 Å². The fourth-order valence-electron chi connectivity index (χ4n) is 4.29. The van der Waals surface area contributed by atoms with Crippen LogP contribution in [0.25, 0.3) is 0 Å². The van der Waals surface area contributed by atoms with Crippen molar-refractivity contribution in [3.63, 3.8) is 0 Å². The van der Waals surface area contributed by atoms with Gasteiger partial charge in [0.05, 0.1) is 24.5 Å². The molecule has 0 saturated carbocycles. The van der Waals surface area contributed by atoms with Crippen molar-refractivity contribution < 1.29 is 24.2 Å². The highest BCUT2D eigenvalue weighted by atomic mass is 16.5. The average Bonchev–Trinajstić information content (AvgIpc) is 2.94. The summed E-state index contributed by atoms with van der Waals surface area (Å²) in [6, 6.07) is 18.9. The molecule has 0 heterocycles. The number of allylic oxidation sites excluding steroid dienone is 2. The van der Waals surface area contributed by atoms with E-state index in [2.05, 4.69) is 18.5 Å². The molecule has 0 unspecified atom stereocenters. The predicted octanol–water partition coefficient (Wildman–Crippen LogP) is 4.46. The van der Waals surface area contributed by atoms with Crippen LogP contribution in [-0.2, 0) is 32.1 Å². The van der Waals surface area contributed by atoms with Crippen LogP contribution in [-0.4, -0.2) is 53.6 Å². The van der Waals surface area contributed by atoms with Crippen molar-refractivity contribution in [3.05, 3.63) is 97.1 Å². The van der Waals surface area contributed by atoms with E-state index in [9.17, 15) is 19.5 Å². The first-order chi connectivity index (χ1) is 18.9. The zero-order valence-electron chi connectivity index (χ0n) is 23.0. The van der Waals surface area contributed by atoms with Crippen molar-refractivity contribution in [1.29, 1.82) is 0 Å². The summed E-state index contributed by atoms with van der Waals surface area (Å²) in [6.07, 6.45) is 5.62. The highest BCUT2D eigenvalue weighted by Crippen LogP contribution is 2.18. The van der Waals surface area contributed by atoms with Gasteiger partial charge in [-0.1, -0.05) is 72.8 Å². The number of hydrogen-bond donors (Lipinski definition) is 2. The van der Waals surface area contributed by atoms with Gasteiger partial charge in [0, 0.05) is 19.5 Å². The van der Waals surface area contributed by atoms with Crippen LogP contribution in [0.15, 0.2) is 86.0 Å². The summed E-state index contributed by atoms with van der Waals surface area (Å²) in [5, 5.41) is 12.3. The molecule has 210 valence electrons. The molecule has 0 saturated heterocycles. The molecule has 0 bridgehead atoms. The zero-order valence-corrected chi connectivity index (χ0v) is 23.0. The minimum Gasteiger partial charge on any atom is -0.463 e. The number of nitrogens with one attached hydrogen (secondary N) is 1. The van der Waals surface area contributed by atoms with Gasteiger partial charge in [0.25, 0.3) is 0 Å². The number of amides is 2. The predicted molar refractivity (Wildman–Crippen MR) is 153 cm³/mol. The van der Waals surface area contributed by atoms with E-state index >= 15 is 0 Å². The second-order valence-corrected chi connectivity index (χ2v) is 9.74. The number of aliphatic hydroxyl groups is 1. The van der Waals surface area contributed by atoms with Gasteiger partial charge in [-0.15, -0.1) is 13.2 Å². The first-order valence-corrected chi connectivity index (χ1v) is 13.5. The fourth-order valence-corrected chi connectivity index (χ4v) is 4.29. The monoisotopic (exact) mass is 534 g/mol. The van der Waals surface area contributed by atoms with Crippen LogP contribution in [0.4, 0.5) is 0 Å². The molecule has 0 spiro atoms. The number of benzene rings is 2. The molecule has 2 rings (SSSR count). The Bertz CT molecular complexity index is 1040. The third-order valence-corrected chi connectivity index (χ3v) is 6.42. The van der Waals surface area contributed by atoms with Crippen molar-refractivity contribution in [2.75, 3.05) is 19.8 Å². The molecule has 2 aromatic rings. The molecular formula is C32H42N2O5. The number of ether oxygens (including phenoxy) is 1. The molecule has 0 fully saturated rings. The van der Waals surface area contributed by atoms with Gasteiger partial charge < -0.3 is 20.1 Å². The van der Waals surface area contributed by atoms with Crippen molar-refractivity contribution in [3.8, 4) is 0 Å². The molecule has 39 heavy (non-hydrogen) atoms. The average molecular weight is 535 g/mol. The lowest BCUT2D eigenvalue weighted by Gasteiger charge is -2.25. The standard InChI is InChI=1S/C32H42N2O5/c1-4-6-18-29(21-26-14-9-7-10-15-26)32(38)39-24-25(3)33-31(37)28(13-5-2)22-30(36)34(19-20-35)23-27-16-11-8-12-17-27/h4-5,7-12,14-17,25,28-29,35H,1-2,6,13,18-24H2,3H3,(H,33,37)/t25-,28-,29+/m0/s1. The summed E-state index contributed by atoms with van der Waals surface area (Å²) in [5.41, 5.74) is 2.00. The third-order valence-electron chi connectivity index (χ3n) is 6.42. The van der Waals surface area contributed by atoms with Crippen molar-refractivity contribution >= 4 is 17.8 Å². The number of carbonyl (C=O) groups is 3. The van der Waals surface area contributed by atoms with Gasteiger partial charge in [0.1, 0.15) is 6.61 Å². The highest BCUT2D eigenvalue weighted by Gasteiger charge is 2.26. The van der Waals surface area contributed by atoms with Crippen molar-refractivity contribution in [2.45, 2.75) is 51.6 Å². The van der Waals surface area contributed by atoms with Crippen LogP contribution < -0.4 is 5.32 Å². The lowest BCUT2D eigenvalue weighted by molar-refractivity contribution is -0.150. The third kappa shape index (κ3) is 11.7. The molecule has 2 aromatic carbocycles. The first-order valence-electron chi connectivity index (χ1n) is 13.5. The summed E-state index contributed by atoms with van der Waals surface area (Å²) in [6.45, 7) is 9.65. The Morgan fingerprint density at radius 2 is 1.62 bits per heavy atom. The van der Waals surface area contributed by atoms with Crippen LogP contribution in [0.5, 0.6) is 0 Å². The first kappa shape index (κ1) is 31.5. The van der Waals surface area contributed by atoms with E-state index in [1.807, 2.05) is 60.7 Å². The molecule has 2 amide bonds. The van der Waals surface area contributed by atoms with Gasteiger partial charge in [-0.3, -0.25) is 14.4 Å². The summed E-state index contributed by atoms with van der Waals surface area (Å²) < 4.78 is 5.58. The number of aliphatic hydroxyl groups excluding tert-OH is 1. The van der Waals surface area contributed by atoms with E-state index in [1.54, 1.807) is 24.0 Å². The van der Waals surface area contributed by atoms with Crippen LogP contribution in [0.1, 0.15) is 43.7 Å². The van der Waals surface area contributed by atoms with E-state index in [0.29, 0.717) is 32.2 Å². The minimum atomic E-state index is -0.622. The maximum Gasteiger partial charge on any atom is 0.309 e. The maximum atomic E-state index is 13.1. The molecule has 2 N–H and O–H groups in total. The van der Waals surface area contributed by atoms with Gasteiger partial charge in [0.15, 0.2) is 0 Å². The lowest BCUT2D eigenvalue weighted by Crippen LogP contribution is -2.42. The topological polar surface area (TPSA) is 95.9 Å². The van der Waals surface area contributed by atoms with Crippen LogP contribution in [0.2, 0.25) is 0 Å². The number of nitrogens with zero attached hydrogens (tertiary/aromatic N) is 1. The Kier molecular flexibility index (Phi) is 14.3. The second kappa shape index (κ2) is 17.7. The van der Waals surface area contributed by atoms with Crippen LogP contribution >= 0.6 is 0 Å². The van der Waals surface area contributed by atoms with E-state index < -0.39 is 12.0 Å². The van der Waals surface area contributed by atoms with Crippen LogP contribution in [0, 0.1) is 11.8 Å². The molecule has 0 radical (unpaired) electrons. The summed E-state index contributed by atoms with van der Waals surface area (Å²) in [4.78, 5) is 40.5. The quantitative estimate of drug-likeness (QED) is 0.217. The summed E-state index contributed by atoms with van der Waals surface area (Å²) in [7, 11) is 0. The fraction of sp³-hybridized carbons (Fsp3) is 0.406. The smallest absolute Gasteiger partial charge is 0.309 e. The molecule has 0 aliphatic carbocycles. The number of rotatable bonds is 18. The zero-order chi connectivity index (χ0) is 28.5. The Morgan fingerprint density at radius 1 is 0.974 bits per heavy atom. The van der Waals surface area contributed by atoms with E-state index in [4.69, 9.17) is 4.74 Å². The summed E-state index contributed by atoms with van der Waals surface area (Å²) in [5.74, 6) is -1.76. The van der Waals surface area contributed by atoms with Gasteiger partial charge in [-0.2, -0.15) is 0 Å². The van der Waals surface area contributed by atoms with E-state index in [-0.39, 0.29) is 49.9 Å². The number of carbonyl (C=O) groups excluding carboxylic acids is 3. The number of esters is 1. The molecule has 7 nitrogen and oxygen atoms in total. The Hall–Kier alpha value is -3.71. The van der Waals surface area contributed by atoms with Gasteiger partial charge in [-0.05, 0) is 43.7 Å². The lowest BCUT2D eigenvalue weighted by atomic mass is 9.95. The van der Waals surface area contributed by atoms with Crippen molar-refractivity contribution in [2.24, 2.45) is 11.8 Å². The summed E-state index contributed by atoms with van der Waals surface area (Å²) >= 11 is 0. The maximum absolute atomic E-state index is 13.1. The molecule has 0 aromatic heterocycles. The largest absolute Gasteiger partial charge is 0.463 e. The molecule has 3 atom stereocenters. The van der Waals surface area contributed by atoms with Gasteiger partial charge >= 0.3 is 5.97 Å². The Morgan fingerprint density at radius 3 is 2.21 bits per heavy atom. The van der Waals surface area contributed by atoms with Gasteiger partial charge in [-0.25, -0.2) is 0 Å². The minimum absolute atomic E-state index is 0.0160. The van der Waals surface area contributed by atoms with Crippen LogP contribution in [0.3, 0.4) is 0 Å². The number of hydrogen-bond acceptors (Lipinski definition) is 5. The van der Waals surface area contributed by atoms with E-state index in [0.717, 1.165) is 11.1 Å². The molecule has 7 heteroatoms. The van der Waals surface area contributed by atoms with Gasteiger partial charge in [0.2, 0.25) is 11.8 Å². The molecular weight excluding hydrogens is 492 g/mol. The highest BCUT2D eigenvalue weighted by molar-refractivity contribution is 5.86. The molecule has 0 aliphatic heterocycles. The van der Waals surface area contributed by atoms with E-state index in [1.165, 1.54) is 0 Å². The SMILES string of the molecule is C=CCC[C@H](Cc1ccccc1)C(=O)OC[C@H](C)NC(=O)[C@@H](CC=C)CC(=O)N(CCO)Cc1ccccc1. The molecule has 0 aliphatic rings. The van der Waals surface area contributed by atoms with Crippen molar-refractivity contribution in [1.82, 2.24) is 10.2 Å². The Balaban J connectivity index is 1.93. The normalized spacial score (nSPS) is 13.0.